The zero-order valence-corrected chi connectivity index (χ0v) is 11.1. The van der Waals surface area contributed by atoms with Crippen molar-refractivity contribution in [1.29, 1.82) is 0 Å². The summed E-state index contributed by atoms with van der Waals surface area (Å²) in [5.74, 6) is 0.608. The van der Waals surface area contributed by atoms with Gasteiger partial charge in [-0.3, -0.25) is 4.57 Å². The van der Waals surface area contributed by atoms with Crippen LogP contribution >= 0.6 is 0 Å². The van der Waals surface area contributed by atoms with Crippen molar-refractivity contribution in [3.63, 3.8) is 0 Å². The molecule has 0 aromatic carbocycles. The molecule has 0 spiro atoms. The molecule has 0 atom stereocenters. The molecule has 2 heterocycles. The lowest BCUT2D eigenvalue weighted by atomic mass is 10.2. The van der Waals surface area contributed by atoms with E-state index in [-0.39, 0.29) is 0 Å². The van der Waals surface area contributed by atoms with Crippen LogP contribution in [0.3, 0.4) is 0 Å². The van der Waals surface area contributed by atoms with Crippen molar-refractivity contribution in [3.05, 3.63) is 5.69 Å². The number of imidazole rings is 1. The van der Waals surface area contributed by atoms with Crippen LogP contribution in [0.2, 0.25) is 0 Å². The van der Waals surface area contributed by atoms with Gasteiger partial charge in [0, 0.05) is 12.6 Å². The number of aryl methyl sites for hydroxylation is 2. The molecule has 17 heavy (non-hydrogen) atoms. The number of hydrogen-bond acceptors (Lipinski definition) is 3. The summed E-state index contributed by atoms with van der Waals surface area (Å²) in [6.45, 7) is 9.28. The second kappa shape index (κ2) is 4.39. The molecular weight excluding hydrogens is 214 g/mol. The number of nitrogen functional groups attached to an aromatic ring is 1. The summed E-state index contributed by atoms with van der Waals surface area (Å²) in [5.41, 5.74) is 9.02. The van der Waals surface area contributed by atoms with Gasteiger partial charge in [0.05, 0.1) is 5.69 Å². The number of fused-ring (bicyclic) bond motifs is 1. The first-order valence-corrected chi connectivity index (χ1v) is 6.34. The van der Waals surface area contributed by atoms with E-state index in [1.807, 2.05) is 11.6 Å². The first-order valence-electron chi connectivity index (χ1n) is 6.34. The summed E-state index contributed by atoms with van der Waals surface area (Å²) < 4.78 is 4.13. The normalized spacial score (nSPS) is 11.8. The summed E-state index contributed by atoms with van der Waals surface area (Å²) in [7, 11) is 0. The van der Waals surface area contributed by atoms with Gasteiger partial charge in [0.1, 0.15) is 5.52 Å². The Morgan fingerprint density at radius 3 is 2.41 bits per heavy atom. The molecule has 0 saturated carbocycles. The Morgan fingerprint density at radius 1 is 1.24 bits per heavy atom. The largest absolute Gasteiger partial charge is 0.369 e. The molecule has 2 rings (SSSR count). The van der Waals surface area contributed by atoms with Crippen molar-refractivity contribution >= 4 is 17.1 Å². The molecule has 94 valence electrons. The summed E-state index contributed by atoms with van der Waals surface area (Å²) >= 11 is 0. The molecule has 0 aliphatic rings. The predicted octanol–water partition coefficient (Wildman–Crippen LogP) is 2.50. The Hall–Kier alpha value is -1.52. The maximum absolute atomic E-state index is 6.05. The van der Waals surface area contributed by atoms with Crippen molar-refractivity contribution in [2.45, 2.75) is 53.1 Å². The molecule has 2 aromatic heterocycles. The molecular formula is C12H21N5. The first-order chi connectivity index (χ1) is 8.13. The molecule has 5 nitrogen and oxygen atoms in total. The van der Waals surface area contributed by atoms with Gasteiger partial charge in [-0.25, -0.2) is 9.67 Å². The third kappa shape index (κ3) is 1.69. The zero-order chi connectivity index (χ0) is 12.6. The highest BCUT2D eigenvalue weighted by Gasteiger charge is 2.20. The van der Waals surface area contributed by atoms with Crippen LogP contribution in [0.5, 0.6) is 0 Å². The molecule has 0 radical (unpaired) electrons. The van der Waals surface area contributed by atoms with Crippen LogP contribution in [-0.4, -0.2) is 19.3 Å². The number of anilines is 1. The Kier molecular flexibility index (Phi) is 3.09. The minimum absolute atomic E-state index is 0.404. The van der Waals surface area contributed by atoms with Gasteiger partial charge in [-0.05, 0) is 26.7 Å². The second-order valence-corrected chi connectivity index (χ2v) is 4.38. The third-order valence-electron chi connectivity index (χ3n) is 3.38. The summed E-state index contributed by atoms with van der Waals surface area (Å²) in [4.78, 5) is 4.46. The second-order valence-electron chi connectivity index (χ2n) is 4.38. The van der Waals surface area contributed by atoms with E-state index >= 15 is 0 Å². The monoisotopic (exact) mass is 235 g/mol. The van der Waals surface area contributed by atoms with Crippen LogP contribution in [0, 0.1) is 6.92 Å². The van der Waals surface area contributed by atoms with Gasteiger partial charge in [-0.15, -0.1) is 0 Å². The zero-order valence-electron chi connectivity index (χ0n) is 11.1. The molecule has 5 heteroatoms. The van der Waals surface area contributed by atoms with Gasteiger partial charge in [0.25, 0.3) is 0 Å². The highest BCUT2D eigenvalue weighted by atomic mass is 15.4. The van der Waals surface area contributed by atoms with Crippen LogP contribution in [-0.2, 0) is 6.54 Å². The van der Waals surface area contributed by atoms with E-state index in [0.29, 0.717) is 12.0 Å². The fraction of sp³-hybridized carbons (Fsp3) is 0.667. The van der Waals surface area contributed by atoms with Gasteiger partial charge in [0.2, 0.25) is 5.95 Å². The van der Waals surface area contributed by atoms with Crippen LogP contribution < -0.4 is 5.73 Å². The van der Waals surface area contributed by atoms with E-state index in [1.165, 1.54) is 0 Å². The van der Waals surface area contributed by atoms with Crippen LogP contribution in [0.25, 0.3) is 11.2 Å². The van der Waals surface area contributed by atoms with Crippen LogP contribution in [0.1, 0.15) is 45.3 Å². The Morgan fingerprint density at radius 2 is 1.88 bits per heavy atom. The molecule has 2 aromatic rings. The highest BCUT2D eigenvalue weighted by molar-refractivity contribution is 5.77. The van der Waals surface area contributed by atoms with E-state index in [4.69, 9.17) is 5.73 Å². The van der Waals surface area contributed by atoms with Crippen LogP contribution in [0.4, 0.5) is 5.95 Å². The molecule has 0 unspecified atom stereocenters. The summed E-state index contributed by atoms with van der Waals surface area (Å²) in [5, 5.41) is 4.50. The van der Waals surface area contributed by atoms with Crippen LogP contribution in [0.15, 0.2) is 0 Å². The van der Waals surface area contributed by atoms with E-state index < -0.39 is 0 Å². The van der Waals surface area contributed by atoms with Crippen molar-refractivity contribution in [2.75, 3.05) is 5.73 Å². The fourth-order valence-electron chi connectivity index (χ4n) is 2.44. The Labute approximate surface area is 102 Å². The minimum atomic E-state index is 0.404. The quantitative estimate of drug-likeness (QED) is 0.885. The highest BCUT2D eigenvalue weighted by Crippen LogP contribution is 2.28. The van der Waals surface area contributed by atoms with Crippen molar-refractivity contribution in [2.24, 2.45) is 0 Å². The van der Waals surface area contributed by atoms with Gasteiger partial charge in [0.15, 0.2) is 5.65 Å². The molecule has 0 fully saturated rings. The first kappa shape index (κ1) is 12.0. The molecule has 0 saturated heterocycles. The van der Waals surface area contributed by atoms with Gasteiger partial charge in [-0.1, -0.05) is 13.8 Å². The smallest absolute Gasteiger partial charge is 0.202 e. The van der Waals surface area contributed by atoms with Crippen molar-refractivity contribution in [3.8, 4) is 0 Å². The van der Waals surface area contributed by atoms with E-state index in [1.54, 1.807) is 0 Å². The fourth-order valence-corrected chi connectivity index (χ4v) is 2.44. The average molecular weight is 235 g/mol. The van der Waals surface area contributed by atoms with Gasteiger partial charge in [-0.2, -0.15) is 5.10 Å². The standard InChI is InChI=1S/C12H21N5/c1-5-9(6-2)17-11-10(14-12(17)13)8(4)15-16(11)7-3/h9H,5-7H2,1-4H3,(H2,13,14). The van der Waals surface area contributed by atoms with E-state index in [0.717, 1.165) is 36.2 Å². The van der Waals surface area contributed by atoms with E-state index in [9.17, 15) is 0 Å². The number of rotatable bonds is 4. The van der Waals surface area contributed by atoms with E-state index in [2.05, 4.69) is 35.4 Å². The molecule has 0 amide bonds. The van der Waals surface area contributed by atoms with Gasteiger partial charge < -0.3 is 5.73 Å². The number of nitrogens with two attached hydrogens (primary N) is 1. The number of aromatic nitrogens is 4. The number of hydrogen-bond donors (Lipinski definition) is 1. The maximum atomic E-state index is 6.05. The molecule has 0 aliphatic heterocycles. The number of nitrogens with zero attached hydrogens (tertiary/aromatic N) is 4. The maximum Gasteiger partial charge on any atom is 0.202 e. The molecule has 0 aliphatic carbocycles. The third-order valence-corrected chi connectivity index (χ3v) is 3.38. The lowest BCUT2D eigenvalue weighted by molar-refractivity contribution is 0.477. The predicted molar refractivity (Wildman–Crippen MR) is 70.0 cm³/mol. The van der Waals surface area contributed by atoms with Crippen molar-refractivity contribution < 1.29 is 0 Å². The summed E-state index contributed by atoms with van der Waals surface area (Å²) in [6.07, 6.45) is 2.11. The van der Waals surface area contributed by atoms with Crippen molar-refractivity contribution in [1.82, 2.24) is 19.3 Å². The minimum Gasteiger partial charge on any atom is -0.369 e. The lowest BCUT2D eigenvalue weighted by Gasteiger charge is -2.17. The average Bonchev–Trinajstić information content (AvgIpc) is 2.80. The summed E-state index contributed by atoms with van der Waals surface area (Å²) in [6, 6.07) is 0.404. The topological polar surface area (TPSA) is 61.7 Å². The Balaban J connectivity index is 2.72. The Bertz CT molecular complexity index is 518. The van der Waals surface area contributed by atoms with Gasteiger partial charge >= 0.3 is 0 Å². The molecule has 0 bridgehead atoms. The lowest BCUT2D eigenvalue weighted by Crippen LogP contribution is -2.13. The SMILES string of the molecule is CCC(CC)n1c(N)nc2c(C)nn(CC)c21. The molecule has 2 N–H and O–H groups in total.